The predicted octanol–water partition coefficient (Wildman–Crippen LogP) is 3.06. The van der Waals surface area contributed by atoms with E-state index in [1.807, 2.05) is 6.20 Å². The minimum absolute atomic E-state index is 0.921. The van der Waals surface area contributed by atoms with Crippen LogP contribution in [0.2, 0.25) is 0 Å². The smallest absolute Gasteiger partial charge is 0.110 e. The van der Waals surface area contributed by atoms with Crippen molar-refractivity contribution < 1.29 is 0 Å². The molecule has 0 N–H and O–H groups in total. The molecule has 4 heterocycles. The summed E-state index contributed by atoms with van der Waals surface area (Å²) >= 11 is 0. The van der Waals surface area contributed by atoms with Gasteiger partial charge in [0.25, 0.3) is 0 Å². The Kier molecular flexibility index (Phi) is 4.40. The maximum atomic E-state index is 4.80. The third-order valence-corrected chi connectivity index (χ3v) is 5.01. The molecule has 5 heteroatoms. The van der Waals surface area contributed by atoms with Gasteiger partial charge in [-0.15, -0.1) is 0 Å². The van der Waals surface area contributed by atoms with E-state index < -0.39 is 0 Å². The maximum absolute atomic E-state index is 4.80. The van der Waals surface area contributed by atoms with Gasteiger partial charge in [-0.3, -0.25) is 9.88 Å². The van der Waals surface area contributed by atoms with Crippen molar-refractivity contribution in [1.29, 1.82) is 0 Å². The Bertz CT molecular complexity index is 869. The van der Waals surface area contributed by atoms with E-state index in [-0.39, 0.29) is 0 Å². The molecular formula is C20H25N5. The monoisotopic (exact) mass is 335 g/mol. The molecule has 3 aromatic rings. The van der Waals surface area contributed by atoms with Crippen LogP contribution in [0.15, 0.2) is 42.7 Å². The number of pyridine rings is 2. The lowest BCUT2D eigenvalue weighted by molar-refractivity contribution is 0.283. The van der Waals surface area contributed by atoms with Crippen molar-refractivity contribution in [2.45, 2.75) is 26.8 Å². The van der Waals surface area contributed by atoms with E-state index in [1.165, 1.54) is 23.3 Å². The largest absolute Gasteiger partial charge is 0.370 e. The van der Waals surface area contributed by atoms with Crippen LogP contribution in [-0.4, -0.2) is 45.4 Å². The molecule has 0 spiro atoms. The van der Waals surface area contributed by atoms with Gasteiger partial charge >= 0.3 is 0 Å². The highest BCUT2D eigenvalue weighted by Gasteiger charge is 2.18. The van der Waals surface area contributed by atoms with Gasteiger partial charge in [-0.1, -0.05) is 6.07 Å². The highest BCUT2D eigenvalue weighted by atomic mass is 15.2. The Labute approximate surface area is 148 Å². The van der Waals surface area contributed by atoms with Crippen LogP contribution in [-0.2, 0) is 6.54 Å². The average molecular weight is 335 g/mol. The van der Waals surface area contributed by atoms with Gasteiger partial charge < -0.3 is 9.30 Å². The molecular weight excluding hydrogens is 310 g/mol. The minimum atomic E-state index is 0.921. The van der Waals surface area contributed by atoms with Gasteiger partial charge in [-0.2, -0.15) is 0 Å². The van der Waals surface area contributed by atoms with Crippen molar-refractivity contribution in [3.8, 4) is 0 Å². The van der Waals surface area contributed by atoms with Crippen molar-refractivity contribution in [1.82, 2.24) is 19.3 Å². The van der Waals surface area contributed by atoms with E-state index in [9.17, 15) is 0 Å². The van der Waals surface area contributed by atoms with Crippen molar-refractivity contribution in [2.24, 2.45) is 0 Å². The first-order valence-corrected chi connectivity index (χ1v) is 9.03. The van der Waals surface area contributed by atoms with Crippen LogP contribution < -0.4 is 4.90 Å². The second kappa shape index (κ2) is 6.84. The van der Waals surface area contributed by atoms with E-state index in [1.54, 1.807) is 0 Å². The molecule has 130 valence electrons. The summed E-state index contributed by atoms with van der Waals surface area (Å²) < 4.78 is 2.18. The topological polar surface area (TPSA) is 36.7 Å². The zero-order valence-corrected chi connectivity index (χ0v) is 15.0. The van der Waals surface area contributed by atoms with Gasteiger partial charge in [0.15, 0.2) is 0 Å². The van der Waals surface area contributed by atoms with Gasteiger partial charge in [0.05, 0.1) is 11.2 Å². The molecule has 1 aliphatic rings. The summed E-state index contributed by atoms with van der Waals surface area (Å²) in [5.41, 5.74) is 4.79. The Morgan fingerprint density at radius 3 is 2.84 bits per heavy atom. The number of nitrogens with zero attached hydrogens (tertiary/aromatic N) is 5. The van der Waals surface area contributed by atoms with E-state index in [2.05, 4.69) is 69.6 Å². The molecule has 1 saturated heterocycles. The summed E-state index contributed by atoms with van der Waals surface area (Å²) in [6.45, 7) is 9.38. The summed E-state index contributed by atoms with van der Waals surface area (Å²) in [6, 6.07) is 10.6. The summed E-state index contributed by atoms with van der Waals surface area (Å²) in [5, 5.41) is 0. The number of rotatable bonds is 3. The van der Waals surface area contributed by atoms with E-state index in [0.29, 0.717) is 0 Å². The van der Waals surface area contributed by atoms with Gasteiger partial charge in [-0.05, 0) is 44.5 Å². The van der Waals surface area contributed by atoms with Crippen molar-refractivity contribution >= 4 is 11.2 Å². The molecule has 0 bridgehead atoms. The average Bonchev–Trinajstić information content (AvgIpc) is 2.79. The number of fused-ring (bicyclic) bond motifs is 1. The zero-order chi connectivity index (χ0) is 17.2. The highest BCUT2D eigenvalue weighted by Crippen LogP contribution is 2.19. The first-order valence-electron chi connectivity index (χ1n) is 9.03. The fourth-order valence-corrected chi connectivity index (χ4v) is 3.71. The number of anilines is 1. The molecule has 1 aliphatic heterocycles. The lowest BCUT2D eigenvalue weighted by Crippen LogP contribution is -2.30. The summed E-state index contributed by atoms with van der Waals surface area (Å²) in [6.07, 6.45) is 5.18. The first kappa shape index (κ1) is 16.1. The summed E-state index contributed by atoms with van der Waals surface area (Å²) in [4.78, 5) is 14.1. The van der Waals surface area contributed by atoms with Crippen LogP contribution in [0.4, 0.5) is 5.69 Å². The van der Waals surface area contributed by atoms with Gasteiger partial charge in [0.2, 0.25) is 0 Å². The maximum Gasteiger partial charge on any atom is 0.110 e. The summed E-state index contributed by atoms with van der Waals surface area (Å²) in [5.74, 6) is 1.06. The first-order chi connectivity index (χ1) is 12.2. The third-order valence-electron chi connectivity index (χ3n) is 5.01. The lowest BCUT2D eigenvalue weighted by atomic mass is 10.3. The quantitative estimate of drug-likeness (QED) is 0.737. The van der Waals surface area contributed by atoms with Crippen LogP contribution in [0, 0.1) is 13.8 Å². The molecule has 1 fully saturated rings. The molecule has 0 unspecified atom stereocenters. The molecule has 0 aromatic carbocycles. The van der Waals surface area contributed by atoms with E-state index in [0.717, 1.165) is 44.2 Å². The Hall–Kier alpha value is -2.40. The molecule has 25 heavy (non-hydrogen) atoms. The zero-order valence-electron chi connectivity index (χ0n) is 15.0. The fraction of sp³-hybridized carbons (Fsp3) is 0.400. The normalized spacial score (nSPS) is 16.3. The van der Waals surface area contributed by atoms with Gasteiger partial charge in [0.1, 0.15) is 5.82 Å². The Morgan fingerprint density at radius 1 is 1.04 bits per heavy atom. The van der Waals surface area contributed by atoms with Crippen LogP contribution >= 0.6 is 0 Å². The van der Waals surface area contributed by atoms with Gasteiger partial charge in [0, 0.05) is 56.5 Å². The predicted molar refractivity (Wildman–Crippen MR) is 101 cm³/mol. The number of imidazole rings is 1. The SMILES string of the molecule is Cc1cc(N2CCCN(Cc3nc(C)n4ccccc34)CC2)ccn1. The Balaban J connectivity index is 1.47. The molecule has 0 amide bonds. The molecule has 0 radical (unpaired) electrons. The molecule has 3 aromatic heterocycles. The van der Waals surface area contributed by atoms with E-state index >= 15 is 0 Å². The van der Waals surface area contributed by atoms with Crippen LogP contribution in [0.5, 0.6) is 0 Å². The molecule has 4 rings (SSSR count). The Morgan fingerprint density at radius 2 is 1.96 bits per heavy atom. The van der Waals surface area contributed by atoms with Crippen molar-refractivity contribution in [2.75, 3.05) is 31.1 Å². The van der Waals surface area contributed by atoms with Crippen molar-refractivity contribution in [3.05, 3.63) is 59.9 Å². The fourth-order valence-electron chi connectivity index (χ4n) is 3.71. The van der Waals surface area contributed by atoms with Crippen LogP contribution in [0.1, 0.15) is 23.6 Å². The lowest BCUT2D eigenvalue weighted by Gasteiger charge is -2.23. The number of aryl methyl sites for hydroxylation is 2. The molecule has 5 nitrogen and oxygen atoms in total. The number of hydrogen-bond donors (Lipinski definition) is 0. The number of aromatic nitrogens is 3. The second-order valence-electron chi connectivity index (χ2n) is 6.83. The highest BCUT2D eigenvalue weighted by molar-refractivity contribution is 5.53. The second-order valence-corrected chi connectivity index (χ2v) is 6.83. The number of hydrogen-bond acceptors (Lipinski definition) is 4. The van der Waals surface area contributed by atoms with Crippen LogP contribution in [0.25, 0.3) is 5.52 Å². The van der Waals surface area contributed by atoms with Crippen LogP contribution in [0.3, 0.4) is 0 Å². The molecule has 0 aliphatic carbocycles. The minimum Gasteiger partial charge on any atom is -0.370 e. The summed E-state index contributed by atoms with van der Waals surface area (Å²) in [7, 11) is 0. The standard InChI is InChI=1S/C20H25N5/c1-16-14-18(7-8-21-16)24-10-5-9-23(12-13-24)15-19-20-6-3-4-11-25(20)17(2)22-19/h3-4,6-8,11,14H,5,9-10,12-13,15H2,1-2H3. The van der Waals surface area contributed by atoms with Gasteiger partial charge in [-0.25, -0.2) is 4.98 Å². The molecule has 0 atom stereocenters. The van der Waals surface area contributed by atoms with Crippen molar-refractivity contribution in [3.63, 3.8) is 0 Å². The van der Waals surface area contributed by atoms with E-state index in [4.69, 9.17) is 4.98 Å². The third kappa shape index (κ3) is 3.37. The molecule has 0 saturated carbocycles.